The molecule has 0 N–H and O–H groups in total. The molecule has 0 spiro atoms. The molecule has 14 heavy (non-hydrogen) atoms. The molecule has 0 saturated heterocycles. The van der Waals surface area contributed by atoms with Gasteiger partial charge in [0, 0.05) is 7.11 Å². The molecule has 0 aliphatic heterocycles. The first kappa shape index (κ1) is 9.72. The van der Waals surface area contributed by atoms with Crippen molar-refractivity contribution in [3.8, 4) is 0 Å². The third-order valence-electron chi connectivity index (χ3n) is 3.11. The Bertz CT molecular complexity index is 289. The number of benzene rings is 1. The van der Waals surface area contributed by atoms with Crippen LogP contribution in [0, 0.1) is 11.8 Å². The van der Waals surface area contributed by atoms with E-state index in [1.54, 1.807) is 7.11 Å². The van der Waals surface area contributed by atoms with Gasteiger partial charge in [0.15, 0.2) is 0 Å². The molecule has 0 bridgehead atoms. The van der Waals surface area contributed by atoms with Crippen molar-refractivity contribution in [2.45, 2.75) is 26.4 Å². The summed E-state index contributed by atoms with van der Waals surface area (Å²) >= 11 is 0. The Hall–Kier alpha value is -0.820. The summed E-state index contributed by atoms with van der Waals surface area (Å²) in [5, 5.41) is 0. The lowest BCUT2D eigenvalue weighted by Gasteiger charge is -2.02. The van der Waals surface area contributed by atoms with E-state index in [2.05, 4.69) is 31.2 Å². The van der Waals surface area contributed by atoms with E-state index in [-0.39, 0.29) is 0 Å². The molecular formula is C13H18O. The lowest BCUT2D eigenvalue weighted by Crippen LogP contribution is -1.91. The van der Waals surface area contributed by atoms with Crippen LogP contribution < -0.4 is 0 Å². The van der Waals surface area contributed by atoms with Gasteiger partial charge in [0.2, 0.25) is 0 Å². The Balaban J connectivity index is 1.92. The van der Waals surface area contributed by atoms with Gasteiger partial charge < -0.3 is 4.74 Å². The Morgan fingerprint density at radius 3 is 2.29 bits per heavy atom. The first-order chi connectivity index (χ1) is 6.79. The largest absolute Gasteiger partial charge is 0.380 e. The van der Waals surface area contributed by atoms with Crippen molar-refractivity contribution in [3.05, 3.63) is 35.4 Å². The highest BCUT2D eigenvalue weighted by molar-refractivity contribution is 5.23. The first-order valence-corrected chi connectivity index (χ1v) is 5.36. The van der Waals surface area contributed by atoms with Gasteiger partial charge >= 0.3 is 0 Å². The van der Waals surface area contributed by atoms with Crippen molar-refractivity contribution in [3.63, 3.8) is 0 Å². The van der Waals surface area contributed by atoms with Crippen molar-refractivity contribution in [1.29, 1.82) is 0 Å². The van der Waals surface area contributed by atoms with Gasteiger partial charge in [0.25, 0.3) is 0 Å². The van der Waals surface area contributed by atoms with Crippen LogP contribution in [0.4, 0.5) is 0 Å². The van der Waals surface area contributed by atoms with E-state index in [4.69, 9.17) is 4.74 Å². The molecule has 76 valence electrons. The number of ether oxygens (including phenoxy) is 1. The predicted molar refractivity (Wildman–Crippen MR) is 58.1 cm³/mol. The van der Waals surface area contributed by atoms with E-state index >= 15 is 0 Å². The molecule has 0 radical (unpaired) electrons. The second-order valence-electron chi connectivity index (χ2n) is 4.43. The average molecular weight is 190 g/mol. The van der Waals surface area contributed by atoms with Crippen LogP contribution in [0.3, 0.4) is 0 Å². The van der Waals surface area contributed by atoms with Crippen molar-refractivity contribution in [1.82, 2.24) is 0 Å². The predicted octanol–water partition coefficient (Wildman–Crippen LogP) is 3.03. The zero-order valence-corrected chi connectivity index (χ0v) is 8.99. The zero-order chi connectivity index (χ0) is 9.97. The highest BCUT2D eigenvalue weighted by atomic mass is 16.5. The Morgan fingerprint density at radius 1 is 1.21 bits per heavy atom. The minimum absolute atomic E-state index is 0.722. The fourth-order valence-electron chi connectivity index (χ4n) is 1.92. The molecule has 2 unspecified atom stereocenters. The third-order valence-corrected chi connectivity index (χ3v) is 3.11. The molecule has 2 rings (SSSR count). The summed E-state index contributed by atoms with van der Waals surface area (Å²) in [6.07, 6.45) is 2.67. The van der Waals surface area contributed by atoms with Gasteiger partial charge in [-0.1, -0.05) is 31.2 Å². The van der Waals surface area contributed by atoms with Gasteiger partial charge in [0.05, 0.1) is 6.61 Å². The fraction of sp³-hybridized carbons (Fsp3) is 0.538. The maximum atomic E-state index is 5.08. The standard InChI is InChI=1S/C13H18O/c1-10-7-13(10)8-11-3-5-12(6-4-11)9-14-2/h3-6,10,13H,7-9H2,1-2H3. The number of methoxy groups -OCH3 is 1. The van der Waals surface area contributed by atoms with E-state index in [1.165, 1.54) is 24.0 Å². The molecule has 1 fully saturated rings. The molecule has 0 heterocycles. The SMILES string of the molecule is COCc1ccc(CC2CC2C)cc1. The lowest BCUT2D eigenvalue weighted by atomic mass is 10.1. The summed E-state index contributed by atoms with van der Waals surface area (Å²) in [4.78, 5) is 0. The highest BCUT2D eigenvalue weighted by Gasteiger charge is 2.31. The Morgan fingerprint density at radius 2 is 1.79 bits per heavy atom. The van der Waals surface area contributed by atoms with Gasteiger partial charge in [-0.3, -0.25) is 0 Å². The lowest BCUT2D eigenvalue weighted by molar-refractivity contribution is 0.185. The van der Waals surface area contributed by atoms with E-state index in [0.717, 1.165) is 18.4 Å². The van der Waals surface area contributed by atoms with Crippen LogP contribution in [0.5, 0.6) is 0 Å². The number of hydrogen-bond acceptors (Lipinski definition) is 1. The summed E-state index contributed by atoms with van der Waals surface area (Å²) in [6, 6.07) is 8.82. The number of hydrogen-bond donors (Lipinski definition) is 0. The molecule has 1 nitrogen and oxygen atoms in total. The van der Waals surface area contributed by atoms with Crippen LogP contribution in [0.1, 0.15) is 24.5 Å². The van der Waals surface area contributed by atoms with E-state index in [9.17, 15) is 0 Å². The van der Waals surface area contributed by atoms with Crippen LogP contribution in [0.2, 0.25) is 0 Å². The van der Waals surface area contributed by atoms with Crippen molar-refractivity contribution < 1.29 is 4.74 Å². The van der Waals surface area contributed by atoms with Crippen LogP contribution in [-0.2, 0) is 17.8 Å². The zero-order valence-electron chi connectivity index (χ0n) is 8.99. The molecule has 1 saturated carbocycles. The average Bonchev–Trinajstić information content (AvgIpc) is 2.86. The Labute approximate surface area is 86.1 Å². The summed E-state index contributed by atoms with van der Waals surface area (Å²) in [7, 11) is 1.74. The van der Waals surface area contributed by atoms with E-state index in [0.29, 0.717) is 0 Å². The minimum Gasteiger partial charge on any atom is -0.380 e. The van der Waals surface area contributed by atoms with Gasteiger partial charge in [-0.25, -0.2) is 0 Å². The molecular weight excluding hydrogens is 172 g/mol. The molecule has 1 aliphatic carbocycles. The van der Waals surface area contributed by atoms with Crippen molar-refractivity contribution in [2.75, 3.05) is 7.11 Å². The molecule has 0 aromatic heterocycles. The summed E-state index contributed by atoms with van der Waals surface area (Å²) < 4.78 is 5.08. The summed E-state index contributed by atoms with van der Waals surface area (Å²) in [6.45, 7) is 3.06. The summed E-state index contributed by atoms with van der Waals surface area (Å²) in [5.74, 6) is 1.90. The van der Waals surface area contributed by atoms with Gasteiger partial charge in [0.1, 0.15) is 0 Å². The first-order valence-electron chi connectivity index (χ1n) is 5.36. The normalized spacial score (nSPS) is 25.0. The maximum Gasteiger partial charge on any atom is 0.0713 e. The maximum absolute atomic E-state index is 5.08. The monoisotopic (exact) mass is 190 g/mol. The molecule has 0 amide bonds. The molecule has 1 aromatic rings. The second kappa shape index (κ2) is 4.14. The smallest absolute Gasteiger partial charge is 0.0713 e. The molecule has 2 atom stereocenters. The van der Waals surface area contributed by atoms with Crippen molar-refractivity contribution >= 4 is 0 Å². The quantitative estimate of drug-likeness (QED) is 0.709. The fourth-order valence-corrected chi connectivity index (χ4v) is 1.92. The Kier molecular flexibility index (Phi) is 2.87. The molecule has 1 aromatic carbocycles. The summed E-state index contributed by atoms with van der Waals surface area (Å²) in [5.41, 5.74) is 2.74. The van der Waals surface area contributed by atoms with Crippen LogP contribution in [0.25, 0.3) is 0 Å². The highest BCUT2D eigenvalue weighted by Crippen LogP contribution is 2.40. The second-order valence-corrected chi connectivity index (χ2v) is 4.43. The minimum atomic E-state index is 0.722. The van der Waals surface area contributed by atoms with E-state index in [1.807, 2.05) is 0 Å². The van der Waals surface area contributed by atoms with Gasteiger partial charge in [-0.2, -0.15) is 0 Å². The van der Waals surface area contributed by atoms with Gasteiger partial charge in [-0.05, 0) is 35.8 Å². The van der Waals surface area contributed by atoms with Crippen LogP contribution in [-0.4, -0.2) is 7.11 Å². The van der Waals surface area contributed by atoms with E-state index < -0.39 is 0 Å². The third kappa shape index (κ3) is 2.36. The van der Waals surface area contributed by atoms with Gasteiger partial charge in [-0.15, -0.1) is 0 Å². The molecule has 1 aliphatic rings. The van der Waals surface area contributed by atoms with Crippen molar-refractivity contribution in [2.24, 2.45) is 11.8 Å². The topological polar surface area (TPSA) is 9.23 Å². The molecule has 1 heteroatoms. The van der Waals surface area contributed by atoms with Crippen LogP contribution in [0.15, 0.2) is 24.3 Å². The van der Waals surface area contributed by atoms with Crippen LogP contribution >= 0.6 is 0 Å². The number of rotatable bonds is 4.